The highest BCUT2D eigenvalue weighted by atomic mass is 35.5. The van der Waals surface area contributed by atoms with Crippen LogP contribution in [0.3, 0.4) is 0 Å². The molecule has 1 aliphatic heterocycles. The van der Waals surface area contributed by atoms with Crippen molar-refractivity contribution in [1.82, 2.24) is 4.90 Å². The number of aromatic hydroxyl groups is 1. The van der Waals surface area contributed by atoms with Crippen LogP contribution < -0.4 is 4.74 Å². The van der Waals surface area contributed by atoms with Crippen molar-refractivity contribution in [2.45, 2.75) is 6.54 Å². The molecule has 2 aromatic rings. The number of carbonyl (C=O) groups is 2. The van der Waals surface area contributed by atoms with E-state index in [1.54, 1.807) is 18.2 Å². The van der Waals surface area contributed by atoms with Crippen LogP contribution in [0.5, 0.6) is 11.5 Å². The number of rotatable bonds is 4. The first kappa shape index (κ1) is 18.3. The summed E-state index contributed by atoms with van der Waals surface area (Å²) in [5.74, 6) is -0.872. The van der Waals surface area contributed by atoms with E-state index in [1.165, 1.54) is 25.3 Å². The lowest BCUT2D eigenvalue weighted by atomic mass is 10.1. The number of thioether (sulfide) groups is 1. The first-order valence-electron chi connectivity index (χ1n) is 7.46. The summed E-state index contributed by atoms with van der Waals surface area (Å²) in [5, 5.41) is 9.79. The number of phenolic OH excluding ortho intramolecular Hbond substituents is 1. The molecule has 26 heavy (non-hydrogen) atoms. The number of hydrogen-bond donors (Lipinski definition) is 1. The quantitative estimate of drug-likeness (QED) is 0.778. The van der Waals surface area contributed by atoms with Crippen LogP contribution in [-0.2, 0) is 11.3 Å². The molecule has 0 unspecified atom stereocenters. The second-order valence-electron chi connectivity index (χ2n) is 5.40. The van der Waals surface area contributed by atoms with E-state index >= 15 is 0 Å². The SMILES string of the molecule is COc1cccc(/C=C2\SC(=O)N(Cc3ccc(F)cc3Cl)C2=O)c1O. The summed E-state index contributed by atoms with van der Waals surface area (Å²) in [6.07, 6.45) is 1.43. The van der Waals surface area contributed by atoms with Gasteiger partial charge in [-0.15, -0.1) is 0 Å². The molecule has 8 heteroatoms. The zero-order chi connectivity index (χ0) is 18.8. The van der Waals surface area contributed by atoms with Gasteiger partial charge in [0.15, 0.2) is 11.5 Å². The zero-order valence-electron chi connectivity index (χ0n) is 13.5. The average Bonchev–Trinajstić information content (AvgIpc) is 2.86. The molecule has 0 aliphatic carbocycles. The molecule has 0 atom stereocenters. The lowest BCUT2D eigenvalue weighted by Crippen LogP contribution is -2.27. The van der Waals surface area contributed by atoms with Crippen LogP contribution in [0.4, 0.5) is 9.18 Å². The largest absolute Gasteiger partial charge is 0.504 e. The van der Waals surface area contributed by atoms with Crippen molar-refractivity contribution < 1.29 is 23.8 Å². The van der Waals surface area contributed by atoms with Crippen molar-refractivity contribution in [2.75, 3.05) is 7.11 Å². The third-order valence-corrected chi connectivity index (χ3v) is 5.01. The maximum absolute atomic E-state index is 13.1. The van der Waals surface area contributed by atoms with Gasteiger partial charge in [0.1, 0.15) is 5.82 Å². The normalized spacial score (nSPS) is 15.8. The Morgan fingerprint density at radius 3 is 2.77 bits per heavy atom. The molecular formula is C18H13ClFNO4S. The molecule has 3 rings (SSSR count). The molecule has 5 nitrogen and oxygen atoms in total. The summed E-state index contributed by atoms with van der Waals surface area (Å²) in [4.78, 5) is 25.9. The van der Waals surface area contributed by atoms with Gasteiger partial charge in [0.05, 0.1) is 18.6 Å². The van der Waals surface area contributed by atoms with Crippen LogP contribution in [0.1, 0.15) is 11.1 Å². The topological polar surface area (TPSA) is 66.8 Å². The smallest absolute Gasteiger partial charge is 0.293 e. The molecule has 1 aliphatic rings. The van der Waals surface area contributed by atoms with Crippen molar-refractivity contribution in [3.05, 3.63) is 63.3 Å². The minimum absolute atomic E-state index is 0.0643. The minimum atomic E-state index is -0.511. The monoisotopic (exact) mass is 393 g/mol. The van der Waals surface area contributed by atoms with Gasteiger partial charge in [-0.1, -0.05) is 29.8 Å². The third-order valence-electron chi connectivity index (χ3n) is 3.75. The number of carbonyl (C=O) groups excluding carboxylic acids is 2. The van der Waals surface area contributed by atoms with Crippen molar-refractivity contribution in [3.63, 3.8) is 0 Å². The van der Waals surface area contributed by atoms with Crippen molar-refractivity contribution >= 4 is 40.6 Å². The number of benzene rings is 2. The molecule has 2 amide bonds. The fraction of sp³-hybridized carbons (Fsp3) is 0.111. The molecule has 0 radical (unpaired) electrons. The first-order chi connectivity index (χ1) is 12.4. The highest BCUT2D eigenvalue weighted by Crippen LogP contribution is 2.37. The van der Waals surface area contributed by atoms with E-state index in [9.17, 15) is 19.1 Å². The minimum Gasteiger partial charge on any atom is -0.504 e. The zero-order valence-corrected chi connectivity index (χ0v) is 15.1. The summed E-state index contributed by atoms with van der Waals surface area (Å²) in [7, 11) is 1.42. The number of para-hydroxylation sites is 1. The Hall–Kier alpha value is -2.51. The van der Waals surface area contributed by atoms with E-state index in [1.807, 2.05) is 0 Å². The standard InChI is InChI=1S/C18H13ClFNO4S/c1-25-14-4-2-3-10(16(14)22)7-15-17(23)21(18(24)26-15)9-11-5-6-12(20)8-13(11)19/h2-8,22H,9H2,1H3/b15-7-. The molecule has 0 bridgehead atoms. The van der Waals surface area contributed by atoms with Gasteiger partial charge in [0.25, 0.3) is 11.1 Å². The highest BCUT2D eigenvalue weighted by molar-refractivity contribution is 8.18. The van der Waals surface area contributed by atoms with Gasteiger partial charge in [-0.3, -0.25) is 14.5 Å². The summed E-state index contributed by atoms with van der Waals surface area (Å²) in [6, 6.07) is 8.60. The summed E-state index contributed by atoms with van der Waals surface area (Å²) < 4.78 is 18.2. The van der Waals surface area contributed by atoms with Gasteiger partial charge >= 0.3 is 0 Å². The lowest BCUT2D eigenvalue weighted by molar-refractivity contribution is -0.123. The van der Waals surface area contributed by atoms with Crippen molar-refractivity contribution in [3.8, 4) is 11.5 Å². The van der Waals surface area contributed by atoms with Crippen LogP contribution in [0.2, 0.25) is 5.02 Å². The Morgan fingerprint density at radius 1 is 1.31 bits per heavy atom. The molecule has 1 saturated heterocycles. The Labute approximate surface area is 158 Å². The van der Waals surface area contributed by atoms with Gasteiger partial charge in [-0.05, 0) is 41.6 Å². The highest BCUT2D eigenvalue weighted by Gasteiger charge is 2.35. The van der Waals surface area contributed by atoms with Crippen molar-refractivity contribution in [2.24, 2.45) is 0 Å². The first-order valence-corrected chi connectivity index (χ1v) is 8.65. The number of amides is 2. The number of imide groups is 1. The van der Waals surface area contributed by atoms with E-state index in [2.05, 4.69) is 0 Å². The molecule has 0 spiro atoms. The molecule has 0 aromatic heterocycles. The van der Waals surface area contributed by atoms with Crippen molar-refractivity contribution in [1.29, 1.82) is 0 Å². The van der Waals surface area contributed by atoms with Crippen LogP contribution in [0.15, 0.2) is 41.3 Å². The number of nitrogens with zero attached hydrogens (tertiary/aromatic N) is 1. The Balaban J connectivity index is 1.87. The predicted molar refractivity (Wildman–Crippen MR) is 97.6 cm³/mol. The van der Waals surface area contributed by atoms with Crippen LogP contribution in [0, 0.1) is 5.82 Å². The van der Waals surface area contributed by atoms with Crippen LogP contribution in [-0.4, -0.2) is 28.3 Å². The summed E-state index contributed by atoms with van der Waals surface area (Å²) in [6.45, 7) is -0.0643. The fourth-order valence-electron chi connectivity index (χ4n) is 2.42. The number of ether oxygens (including phenoxy) is 1. The van der Waals surface area contributed by atoms with E-state index in [4.69, 9.17) is 16.3 Å². The van der Waals surface area contributed by atoms with Crippen LogP contribution in [0.25, 0.3) is 6.08 Å². The maximum Gasteiger partial charge on any atom is 0.293 e. The lowest BCUT2D eigenvalue weighted by Gasteiger charge is -2.13. The molecule has 1 fully saturated rings. The number of phenols is 1. The molecule has 2 aromatic carbocycles. The fourth-order valence-corrected chi connectivity index (χ4v) is 3.47. The van der Waals surface area contributed by atoms with E-state index in [0.29, 0.717) is 11.1 Å². The van der Waals surface area contributed by atoms with Gasteiger partial charge in [-0.2, -0.15) is 0 Å². The Morgan fingerprint density at radius 2 is 2.08 bits per heavy atom. The second kappa shape index (κ2) is 7.39. The molecule has 1 heterocycles. The van der Waals surface area contributed by atoms with Gasteiger partial charge in [0, 0.05) is 10.6 Å². The Bertz CT molecular complexity index is 931. The summed E-state index contributed by atoms with van der Waals surface area (Å²) >= 11 is 6.72. The molecule has 0 saturated carbocycles. The van der Waals surface area contributed by atoms with Gasteiger partial charge in [0.2, 0.25) is 0 Å². The molecular weight excluding hydrogens is 381 g/mol. The average molecular weight is 394 g/mol. The number of methoxy groups -OCH3 is 1. The Kier molecular flexibility index (Phi) is 5.20. The third kappa shape index (κ3) is 3.54. The van der Waals surface area contributed by atoms with E-state index in [-0.39, 0.29) is 28.0 Å². The van der Waals surface area contributed by atoms with E-state index < -0.39 is 17.0 Å². The van der Waals surface area contributed by atoms with Gasteiger partial charge in [-0.25, -0.2) is 4.39 Å². The summed E-state index contributed by atoms with van der Waals surface area (Å²) in [5.41, 5.74) is 0.815. The molecule has 134 valence electrons. The van der Waals surface area contributed by atoms with Gasteiger partial charge < -0.3 is 9.84 Å². The second-order valence-corrected chi connectivity index (χ2v) is 6.80. The maximum atomic E-state index is 13.1. The molecule has 1 N–H and O–H groups in total. The number of hydrogen-bond acceptors (Lipinski definition) is 5. The van der Waals surface area contributed by atoms with E-state index in [0.717, 1.165) is 22.7 Å². The van der Waals surface area contributed by atoms with Crippen LogP contribution >= 0.6 is 23.4 Å². The number of halogens is 2. The predicted octanol–water partition coefficient (Wildman–Crippen LogP) is 4.43.